The number of aromatic nitrogens is 3. The Morgan fingerprint density at radius 3 is 2.70 bits per heavy atom. The number of hydrogen-bond acceptors (Lipinski definition) is 5. The van der Waals surface area contributed by atoms with Gasteiger partial charge < -0.3 is 10.1 Å². The number of esters is 1. The van der Waals surface area contributed by atoms with Gasteiger partial charge in [-0.05, 0) is 42.8 Å². The molecule has 0 bridgehead atoms. The van der Waals surface area contributed by atoms with Gasteiger partial charge in [-0.3, -0.25) is 9.78 Å². The zero-order valence-corrected chi connectivity index (χ0v) is 14.6. The molecule has 1 amide bonds. The van der Waals surface area contributed by atoms with Gasteiger partial charge in [0.15, 0.2) is 6.10 Å². The van der Waals surface area contributed by atoms with Crippen molar-refractivity contribution in [3.63, 3.8) is 0 Å². The summed E-state index contributed by atoms with van der Waals surface area (Å²) in [6, 6.07) is 3.37. The van der Waals surface area contributed by atoms with Crippen molar-refractivity contribution >= 4 is 33.6 Å². The highest BCUT2D eigenvalue weighted by Crippen LogP contribution is 2.15. The number of ether oxygens (including phenoxy) is 1. The van der Waals surface area contributed by atoms with Crippen LogP contribution in [-0.4, -0.2) is 32.7 Å². The van der Waals surface area contributed by atoms with Crippen molar-refractivity contribution in [1.29, 1.82) is 0 Å². The number of carbonyl (C=O) groups is 2. The van der Waals surface area contributed by atoms with E-state index >= 15 is 0 Å². The Balaban J connectivity index is 2.00. The monoisotopic (exact) mass is 380 g/mol. The summed E-state index contributed by atoms with van der Waals surface area (Å²) in [7, 11) is 0. The van der Waals surface area contributed by atoms with E-state index in [0.29, 0.717) is 10.3 Å². The molecule has 0 saturated heterocycles. The van der Waals surface area contributed by atoms with E-state index in [1.807, 2.05) is 13.8 Å². The highest BCUT2D eigenvalue weighted by molar-refractivity contribution is 9.10. The van der Waals surface area contributed by atoms with E-state index < -0.39 is 18.0 Å². The van der Waals surface area contributed by atoms with Crippen molar-refractivity contribution in [2.24, 2.45) is 0 Å². The minimum Gasteiger partial charge on any atom is -0.449 e. The van der Waals surface area contributed by atoms with Crippen LogP contribution in [0.25, 0.3) is 0 Å². The summed E-state index contributed by atoms with van der Waals surface area (Å²) < 4.78 is 7.49. The lowest BCUT2D eigenvalue weighted by atomic mass is 10.3. The Morgan fingerprint density at radius 1 is 1.30 bits per heavy atom. The standard InChI is InChI=1S/C15H17BrN4O3/c1-9(2)20-13(4-5-18-20)19-14(21)10(3)23-15(22)11-6-12(16)8-17-7-11/h4-10H,1-3H3,(H,19,21). The van der Waals surface area contributed by atoms with E-state index in [1.54, 1.807) is 29.2 Å². The molecule has 122 valence electrons. The van der Waals surface area contributed by atoms with Gasteiger partial charge in [0, 0.05) is 29.0 Å². The van der Waals surface area contributed by atoms with Gasteiger partial charge in [0.1, 0.15) is 5.82 Å². The lowest BCUT2D eigenvalue weighted by Gasteiger charge is -2.15. The molecule has 0 aliphatic heterocycles. The molecule has 2 aromatic heterocycles. The van der Waals surface area contributed by atoms with E-state index in [-0.39, 0.29) is 11.6 Å². The molecule has 8 heteroatoms. The van der Waals surface area contributed by atoms with Gasteiger partial charge in [-0.15, -0.1) is 0 Å². The van der Waals surface area contributed by atoms with E-state index in [1.165, 1.54) is 13.1 Å². The molecule has 2 aromatic rings. The fourth-order valence-electron chi connectivity index (χ4n) is 1.86. The van der Waals surface area contributed by atoms with E-state index in [9.17, 15) is 9.59 Å². The molecule has 1 atom stereocenters. The van der Waals surface area contributed by atoms with Gasteiger partial charge in [-0.25, -0.2) is 9.48 Å². The third kappa shape index (κ3) is 4.38. The number of nitrogens with one attached hydrogen (secondary N) is 1. The predicted molar refractivity (Wildman–Crippen MR) is 88.1 cm³/mol. The van der Waals surface area contributed by atoms with Crippen molar-refractivity contribution in [2.75, 3.05) is 5.32 Å². The van der Waals surface area contributed by atoms with Crippen molar-refractivity contribution < 1.29 is 14.3 Å². The van der Waals surface area contributed by atoms with Gasteiger partial charge in [-0.1, -0.05) is 0 Å². The smallest absolute Gasteiger partial charge is 0.340 e. The molecule has 1 unspecified atom stereocenters. The van der Waals surface area contributed by atoms with Crippen LogP contribution in [-0.2, 0) is 9.53 Å². The second kappa shape index (κ2) is 7.36. The second-order valence-corrected chi connectivity index (χ2v) is 6.10. The Hall–Kier alpha value is -2.22. The number of halogens is 1. The molecule has 0 saturated carbocycles. The van der Waals surface area contributed by atoms with Gasteiger partial charge in [0.25, 0.3) is 5.91 Å². The fourth-order valence-corrected chi connectivity index (χ4v) is 2.22. The first kappa shape index (κ1) is 17.1. The number of amides is 1. The van der Waals surface area contributed by atoms with Crippen LogP contribution in [0.4, 0.5) is 5.82 Å². The topological polar surface area (TPSA) is 86.1 Å². The number of rotatable bonds is 5. The van der Waals surface area contributed by atoms with E-state index in [4.69, 9.17) is 4.74 Å². The van der Waals surface area contributed by atoms with E-state index in [0.717, 1.165) is 0 Å². The van der Waals surface area contributed by atoms with Gasteiger partial charge in [0.2, 0.25) is 0 Å². The van der Waals surface area contributed by atoms with Gasteiger partial charge in [0.05, 0.1) is 11.8 Å². The van der Waals surface area contributed by atoms with Crippen molar-refractivity contribution in [1.82, 2.24) is 14.8 Å². The Kier molecular flexibility index (Phi) is 5.49. The molecule has 1 N–H and O–H groups in total. The molecule has 0 fully saturated rings. The minimum atomic E-state index is -0.947. The number of nitrogens with zero attached hydrogens (tertiary/aromatic N) is 3. The molecule has 0 aromatic carbocycles. The minimum absolute atomic E-state index is 0.103. The number of pyridine rings is 1. The molecule has 7 nitrogen and oxygen atoms in total. The average molecular weight is 381 g/mol. The Bertz CT molecular complexity index is 714. The highest BCUT2D eigenvalue weighted by atomic mass is 79.9. The summed E-state index contributed by atoms with van der Waals surface area (Å²) in [5.74, 6) is -0.487. The molecular formula is C15H17BrN4O3. The normalized spacial score (nSPS) is 12.0. The molecule has 0 aliphatic carbocycles. The van der Waals surface area contributed by atoms with E-state index in [2.05, 4.69) is 31.3 Å². The molecule has 0 aliphatic rings. The summed E-state index contributed by atoms with van der Waals surface area (Å²) in [5, 5.41) is 6.83. The largest absolute Gasteiger partial charge is 0.449 e. The van der Waals surface area contributed by atoms with Gasteiger partial charge in [-0.2, -0.15) is 5.10 Å². The molecule has 23 heavy (non-hydrogen) atoms. The molecule has 0 radical (unpaired) electrons. The first-order valence-corrected chi connectivity index (χ1v) is 7.83. The highest BCUT2D eigenvalue weighted by Gasteiger charge is 2.20. The number of carbonyl (C=O) groups excluding carboxylic acids is 2. The molecule has 2 heterocycles. The summed E-state index contributed by atoms with van der Waals surface area (Å²) in [5.41, 5.74) is 0.270. The first-order valence-electron chi connectivity index (χ1n) is 7.04. The van der Waals surface area contributed by atoms with Crippen LogP contribution in [0.5, 0.6) is 0 Å². The quantitative estimate of drug-likeness (QED) is 0.805. The SMILES string of the molecule is CC(OC(=O)c1cncc(Br)c1)C(=O)Nc1ccnn1C(C)C. The lowest BCUT2D eigenvalue weighted by Crippen LogP contribution is -2.31. The van der Waals surface area contributed by atoms with Crippen LogP contribution in [0.2, 0.25) is 0 Å². The zero-order chi connectivity index (χ0) is 17.0. The maximum atomic E-state index is 12.2. The summed E-state index contributed by atoms with van der Waals surface area (Å²) in [4.78, 5) is 28.1. The summed E-state index contributed by atoms with van der Waals surface area (Å²) >= 11 is 3.23. The van der Waals surface area contributed by atoms with Crippen LogP contribution in [0.1, 0.15) is 37.2 Å². The molecule has 2 rings (SSSR count). The van der Waals surface area contributed by atoms with Crippen LogP contribution in [0, 0.1) is 0 Å². The number of hydrogen-bond donors (Lipinski definition) is 1. The first-order chi connectivity index (χ1) is 10.9. The Labute approximate surface area is 142 Å². The van der Waals surface area contributed by atoms with Crippen molar-refractivity contribution in [3.8, 4) is 0 Å². The lowest BCUT2D eigenvalue weighted by molar-refractivity contribution is -0.123. The van der Waals surface area contributed by atoms with Crippen molar-refractivity contribution in [3.05, 3.63) is 40.8 Å². The summed E-state index contributed by atoms with van der Waals surface area (Å²) in [6.07, 6.45) is 3.59. The maximum absolute atomic E-state index is 12.2. The number of anilines is 1. The van der Waals surface area contributed by atoms with Crippen LogP contribution in [0.15, 0.2) is 35.2 Å². The maximum Gasteiger partial charge on any atom is 0.340 e. The van der Waals surface area contributed by atoms with Gasteiger partial charge >= 0.3 is 5.97 Å². The van der Waals surface area contributed by atoms with Crippen LogP contribution in [0.3, 0.4) is 0 Å². The zero-order valence-electron chi connectivity index (χ0n) is 13.0. The fraction of sp³-hybridized carbons (Fsp3) is 0.333. The van der Waals surface area contributed by atoms with Crippen molar-refractivity contribution in [2.45, 2.75) is 32.9 Å². The predicted octanol–water partition coefficient (Wildman–Crippen LogP) is 2.81. The van der Waals surface area contributed by atoms with Crippen LogP contribution >= 0.6 is 15.9 Å². The third-order valence-electron chi connectivity index (χ3n) is 3.00. The third-order valence-corrected chi connectivity index (χ3v) is 3.44. The molecule has 0 spiro atoms. The van der Waals surface area contributed by atoms with Crippen LogP contribution < -0.4 is 5.32 Å². The Morgan fingerprint density at radius 2 is 2.04 bits per heavy atom. The average Bonchev–Trinajstić information content (AvgIpc) is 2.95. The molecular weight excluding hydrogens is 364 g/mol. The summed E-state index contributed by atoms with van der Waals surface area (Å²) in [6.45, 7) is 5.41. The second-order valence-electron chi connectivity index (χ2n) is 5.18.